The Kier molecular flexibility index (Phi) is 5.88. The van der Waals surface area contributed by atoms with Gasteiger partial charge in [0, 0.05) is 12.6 Å². The number of carbonyl (C=O) groups is 2. The Morgan fingerprint density at radius 2 is 2.08 bits per heavy atom. The number of esters is 1. The van der Waals surface area contributed by atoms with E-state index in [2.05, 4.69) is 18.3 Å². The van der Waals surface area contributed by atoms with Crippen LogP contribution in [0.5, 0.6) is 0 Å². The number of ether oxygens (including phenoxy) is 1. The van der Waals surface area contributed by atoms with Crippen LogP contribution in [0.1, 0.15) is 59.8 Å². The van der Waals surface area contributed by atoms with Gasteiger partial charge in [-0.3, -0.25) is 4.79 Å². The van der Waals surface area contributed by atoms with Gasteiger partial charge in [0.1, 0.15) is 6.61 Å². The van der Waals surface area contributed by atoms with Gasteiger partial charge in [-0.15, -0.1) is 0 Å². The normalized spacial score (nSPS) is 14.9. The summed E-state index contributed by atoms with van der Waals surface area (Å²) in [6.45, 7) is 8.38. The molecule has 5 heteroatoms. The smallest absolute Gasteiger partial charge is 0.341 e. The van der Waals surface area contributed by atoms with Gasteiger partial charge in [0.05, 0.1) is 17.7 Å². The topological polar surface area (TPSA) is 75.6 Å². The Balaban J connectivity index is 2.47. The molecule has 1 atom stereocenters. The molecule has 25 heavy (non-hydrogen) atoms. The van der Waals surface area contributed by atoms with Gasteiger partial charge in [-0.1, -0.05) is 25.5 Å². The van der Waals surface area contributed by atoms with E-state index >= 15 is 0 Å². The average molecular weight is 345 g/mol. The van der Waals surface area contributed by atoms with E-state index in [0.29, 0.717) is 18.6 Å². The summed E-state index contributed by atoms with van der Waals surface area (Å²) in [5, 5.41) is 12.2. The monoisotopic (exact) mass is 345 g/mol. The predicted molar refractivity (Wildman–Crippen MR) is 98.1 cm³/mol. The van der Waals surface area contributed by atoms with Crippen molar-refractivity contribution in [3.63, 3.8) is 0 Å². The number of cyclic esters (lactones) is 1. The number of allylic oxidation sites excluding steroid dienone is 2. The van der Waals surface area contributed by atoms with E-state index in [0.717, 1.165) is 34.4 Å². The van der Waals surface area contributed by atoms with Crippen molar-refractivity contribution >= 4 is 17.6 Å². The van der Waals surface area contributed by atoms with Crippen LogP contribution in [0.2, 0.25) is 0 Å². The molecule has 0 saturated heterocycles. The summed E-state index contributed by atoms with van der Waals surface area (Å²) in [6.07, 6.45) is 3.73. The van der Waals surface area contributed by atoms with E-state index in [4.69, 9.17) is 9.84 Å². The molecular formula is C20H27NO4. The molecule has 2 N–H and O–H groups in total. The number of rotatable bonds is 7. The lowest BCUT2D eigenvalue weighted by molar-refractivity contribution is -0.137. The molecule has 0 fully saturated rings. The molecule has 1 aromatic carbocycles. The second-order valence-electron chi connectivity index (χ2n) is 6.64. The van der Waals surface area contributed by atoms with Crippen LogP contribution >= 0.6 is 0 Å². The van der Waals surface area contributed by atoms with Crippen molar-refractivity contribution in [2.45, 2.75) is 53.6 Å². The van der Waals surface area contributed by atoms with Crippen LogP contribution in [0.25, 0.3) is 0 Å². The molecule has 1 aliphatic rings. The Hall–Kier alpha value is -2.30. The first-order chi connectivity index (χ1) is 11.8. The quantitative estimate of drug-likeness (QED) is 0.579. The van der Waals surface area contributed by atoms with Gasteiger partial charge in [0.15, 0.2) is 0 Å². The first-order valence-electron chi connectivity index (χ1n) is 8.72. The van der Waals surface area contributed by atoms with Crippen LogP contribution in [0, 0.1) is 12.8 Å². The second kappa shape index (κ2) is 7.72. The summed E-state index contributed by atoms with van der Waals surface area (Å²) in [5.74, 6) is -1.08. The fourth-order valence-corrected chi connectivity index (χ4v) is 3.53. The fourth-order valence-electron chi connectivity index (χ4n) is 3.53. The van der Waals surface area contributed by atoms with Crippen LogP contribution in [-0.4, -0.2) is 24.1 Å². The van der Waals surface area contributed by atoms with Crippen LogP contribution in [-0.2, 0) is 29.0 Å². The summed E-state index contributed by atoms with van der Waals surface area (Å²) < 4.78 is 5.25. The van der Waals surface area contributed by atoms with Gasteiger partial charge in [-0.05, 0) is 49.3 Å². The molecule has 0 aliphatic carbocycles. The maximum atomic E-state index is 12.2. The number of hydrogen-bond donors (Lipinski definition) is 2. The Morgan fingerprint density at radius 1 is 1.40 bits per heavy atom. The highest BCUT2D eigenvalue weighted by Gasteiger charge is 2.30. The lowest BCUT2D eigenvalue weighted by Gasteiger charge is -2.19. The Labute approximate surface area is 149 Å². The summed E-state index contributed by atoms with van der Waals surface area (Å²) in [7, 11) is 1.82. The Bertz CT molecular complexity index is 734. The molecule has 0 radical (unpaired) electrons. The summed E-state index contributed by atoms with van der Waals surface area (Å²) >= 11 is 0. The van der Waals surface area contributed by atoms with Crippen molar-refractivity contribution in [3.8, 4) is 0 Å². The molecule has 0 spiro atoms. The molecule has 1 unspecified atom stereocenters. The summed E-state index contributed by atoms with van der Waals surface area (Å²) in [4.78, 5) is 23.1. The standard InChI is InChI=1S/C20H27NO4/c1-6-14-13(4)16-10-25-20(24)18(16)19(21-5)15(14)8-7-11(2)12(3)9-17(22)23/h7,12,21H,6,8-10H2,1-5H3,(H,22,23)/b11-7+. The first-order valence-corrected chi connectivity index (χ1v) is 8.72. The maximum absolute atomic E-state index is 12.2. The largest absolute Gasteiger partial charge is 0.481 e. The third-order valence-electron chi connectivity index (χ3n) is 5.16. The zero-order valence-electron chi connectivity index (χ0n) is 15.7. The van der Waals surface area contributed by atoms with Crippen LogP contribution < -0.4 is 5.32 Å². The Morgan fingerprint density at radius 3 is 2.64 bits per heavy atom. The van der Waals surface area contributed by atoms with Crippen molar-refractivity contribution in [3.05, 3.63) is 39.5 Å². The van der Waals surface area contributed by atoms with Crippen LogP contribution in [0.4, 0.5) is 5.69 Å². The average Bonchev–Trinajstić information content (AvgIpc) is 2.94. The highest BCUT2D eigenvalue weighted by molar-refractivity contribution is 6.01. The van der Waals surface area contributed by atoms with E-state index in [1.165, 1.54) is 5.56 Å². The molecule has 136 valence electrons. The molecule has 5 nitrogen and oxygen atoms in total. The van der Waals surface area contributed by atoms with E-state index in [9.17, 15) is 9.59 Å². The molecule has 1 aromatic rings. The maximum Gasteiger partial charge on any atom is 0.341 e. The number of carboxylic acids is 1. The fraction of sp³-hybridized carbons (Fsp3) is 0.500. The van der Waals surface area contributed by atoms with Gasteiger partial charge in [-0.25, -0.2) is 4.79 Å². The van der Waals surface area contributed by atoms with Gasteiger partial charge < -0.3 is 15.2 Å². The number of carbonyl (C=O) groups excluding carboxylic acids is 1. The first kappa shape index (κ1) is 19.0. The molecule has 0 bridgehead atoms. The molecule has 2 rings (SSSR count). The zero-order chi connectivity index (χ0) is 18.7. The van der Waals surface area contributed by atoms with Gasteiger partial charge in [-0.2, -0.15) is 0 Å². The van der Waals surface area contributed by atoms with Crippen molar-refractivity contribution in [1.29, 1.82) is 0 Å². The SMILES string of the molecule is CCc1c(C)c2c(c(NC)c1C/C=C(\C)C(C)CC(=O)O)C(=O)OC2. The van der Waals surface area contributed by atoms with E-state index in [1.54, 1.807) is 0 Å². The minimum atomic E-state index is -0.790. The number of carboxylic acid groups (broad SMARTS) is 1. The van der Waals surface area contributed by atoms with Crippen molar-refractivity contribution in [1.82, 2.24) is 0 Å². The lowest BCUT2D eigenvalue weighted by Crippen LogP contribution is -2.10. The van der Waals surface area contributed by atoms with Crippen LogP contribution in [0.15, 0.2) is 11.6 Å². The van der Waals surface area contributed by atoms with Crippen molar-refractivity contribution < 1.29 is 19.4 Å². The number of fused-ring (bicyclic) bond motifs is 1. The zero-order valence-corrected chi connectivity index (χ0v) is 15.7. The highest BCUT2D eigenvalue weighted by atomic mass is 16.5. The minimum absolute atomic E-state index is 0.0129. The molecule has 1 aliphatic heterocycles. The van der Waals surface area contributed by atoms with Crippen molar-refractivity contribution in [2.24, 2.45) is 5.92 Å². The molecule has 0 saturated carbocycles. The number of aliphatic carboxylic acids is 1. The molecule has 0 amide bonds. The number of hydrogen-bond acceptors (Lipinski definition) is 4. The second-order valence-corrected chi connectivity index (χ2v) is 6.64. The van der Waals surface area contributed by atoms with E-state index < -0.39 is 5.97 Å². The highest BCUT2D eigenvalue weighted by Crippen LogP contribution is 2.37. The van der Waals surface area contributed by atoms with Crippen LogP contribution in [0.3, 0.4) is 0 Å². The van der Waals surface area contributed by atoms with Gasteiger partial charge in [0.25, 0.3) is 0 Å². The summed E-state index contributed by atoms with van der Waals surface area (Å²) in [5.41, 5.74) is 6.98. The third kappa shape index (κ3) is 3.70. The third-order valence-corrected chi connectivity index (χ3v) is 5.16. The molecule has 1 heterocycles. The van der Waals surface area contributed by atoms with E-state index in [1.807, 2.05) is 27.8 Å². The van der Waals surface area contributed by atoms with Gasteiger partial charge >= 0.3 is 11.9 Å². The number of benzene rings is 1. The number of nitrogens with one attached hydrogen (secondary N) is 1. The molecule has 0 aromatic heterocycles. The predicted octanol–water partition coefficient (Wildman–Crippen LogP) is 3.87. The van der Waals surface area contributed by atoms with Crippen molar-refractivity contribution in [2.75, 3.05) is 12.4 Å². The van der Waals surface area contributed by atoms with Gasteiger partial charge in [0.2, 0.25) is 0 Å². The minimum Gasteiger partial charge on any atom is -0.481 e. The number of anilines is 1. The lowest BCUT2D eigenvalue weighted by atomic mass is 9.87. The van der Waals surface area contributed by atoms with E-state index in [-0.39, 0.29) is 18.3 Å². The summed E-state index contributed by atoms with van der Waals surface area (Å²) in [6, 6.07) is 0. The molecular weight excluding hydrogens is 318 g/mol.